The number of ether oxygens (including phenoxy) is 1. The number of nitrogens with zero attached hydrogens (tertiary/aromatic N) is 1. The van der Waals surface area contributed by atoms with Crippen LogP contribution in [0.5, 0.6) is 0 Å². The van der Waals surface area contributed by atoms with E-state index in [4.69, 9.17) is 4.74 Å². The summed E-state index contributed by atoms with van der Waals surface area (Å²) >= 11 is 0. The van der Waals surface area contributed by atoms with E-state index in [1.54, 1.807) is 49.4 Å². The summed E-state index contributed by atoms with van der Waals surface area (Å²) in [4.78, 5) is 25.3. The Bertz CT molecular complexity index is 831. The van der Waals surface area contributed by atoms with Gasteiger partial charge in [0.1, 0.15) is 12.4 Å². The first-order chi connectivity index (χ1) is 12.0. The first-order valence-electron chi connectivity index (χ1n) is 7.83. The molecule has 1 heterocycles. The van der Waals surface area contributed by atoms with Crippen LogP contribution in [-0.4, -0.2) is 25.2 Å². The largest absolute Gasteiger partial charge is 0.447 e. The number of benzene rings is 2. The van der Waals surface area contributed by atoms with Crippen LogP contribution in [0.25, 0.3) is 6.08 Å². The number of nitrogens with one attached hydrogen (secondary N) is 1. The van der Waals surface area contributed by atoms with Gasteiger partial charge in [-0.2, -0.15) is 0 Å². The Hall–Kier alpha value is -3.15. The minimum absolute atomic E-state index is 0.323. The van der Waals surface area contributed by atoms with Crippen molar-refractivity contribution in [3.05, 3.63) is 65.5 Å². The van der Waals surface area contributed by atoms with Gasteiger partial charge in [0, 0.05) is 22.5 Å². The Morgan fingerprint density at radius 3 is 2.56 bits per heavy atom. The summed E-state index contributed by atoms with van der Waals surface area (Å²) in [6.07, 6.45) is 1.12. The summed E-state index contributed by atoms with van der Waals surface area (Å²) in [6.45, 7) is 2.50. The van der Waals surface area contributed by atoms with Gasteiger partial charge in [-0.25, -0.2) is 9.18 Å². The van der Waals surface area contributed by atoms with Gasteiger partial charge in [-0.05, 0) is 43.3 Å². The summed E-state index contributed by atoms with van der Waals surface area (Å²) in [7, 11) is 0. The molecule has 1 fully saturated rings. The molecule has 0 unspecified atom stereocenters. The third-order valence-corrected chi connectivity index (χ3v) is 3.83. The number of anilines is 2. The van der Waals surface area contributed by atoms with E-state index in [0.717, 1.165) is 0 Å². The Labute approximate surface area is 144 Å². The summed E-state index contributed by atoms with van der Waals surface area (Å²) in [5, 5.41) is 2.75. The number of amides is 2. The maximum absolute atomic E-state index is 13.6. The maximum atomic E-state index is 13.6. The van der Waals surface area contributed by atoms with Gasteiger partial charge in [-0.1, -0.05) is 18.2 Å². The predicted molar refractivity (Wildman–Crippen MR) is 93.8 cm³/mol. The molecule has 0 saturated carbocycles. The molecule has 1 N–H and O–H groups in total. The van der Waals surface area contributed by atoms with Crippen LogP contribution < -0.4 is 10.2 Å². The Morgan fingerprint density at radius 1 is 1.20 bits per heavy atom. The second-order valence-electron chi connectivity index (χ2n) is 5.62. The Morgan fingerprint density at radius 2 is 1.92 bits per heavy atom. The van der Waals surface area contributed by atoms with Gasteiger partial charge >= 0.3 is 6.09 Å². The van der Waals surface area contributed by atoms with Crippen LogP contribution in [-0.2, 0) is 9.53 Å². The molecule has 0 spiro atoms. The molecule has 6 heteroatoms. The normalized spacial score (nSPS) is 14.4. The molecule has 0 radical (unpaired) electrons. The first-order valence-corrected chi connectivity index (χ1v) is 7.83. The summed E-state index contributed by atoms with van der Waals surface area (Å²) in [6, 6.07) is 13.1. The molecule has 2 aromatic rings. The number of cyclic esters (lactones) is 1. The zero-order valence-corrected chi connectivity index (χ0v) is 13.7. The van der Waals surface area contributed by atoms with Crippen LogP contribution in [0.1, 0.15) is 12.5 Å². The molecule has 3 rings (SSSR count). The van der Waals surface area contributed by atoms with Crippen molar-refractivity contribution in [1.82, 2.24) is 0 Å². The lowest BCUT2D eigenvalue weighted by molar-refractivity contribution is -0.112. The van der Waals surface area contributed by atoms with E-state index in [1.165, 1.54) is 17.0 Å². The molecule has 2 aromatic carbocycles. The lowest BCUT2D eigenvalue weighted by Gasteiger charge is -2.13. The third kappa shape index (κ3) is 3.85. The monoisotopic (exact) mass is 340 g/mol. The smallest absolute Gasteiger partial charge is 0.414 e. The Balaban J connectivity index is 1.68. The minimum Gasteiger partial charge on any atom is -0.447 e. The van der Waals surface area contributed by atoms with Crippen LogP contribution in [0.2, 0.25) is 0 Å². The summed E-state index contributed by atoms with van der Waals surface area (Å²) < 4.78 is 18.5. The van der Waals surface area contributed by atoms with Crippen LogP contribution in [0.15, 0.2) is 54.1 Å². The SMILES string of the molecule is C/C(=C\c1ccccc1F)C(=O)Nc1ccc(N2CCOC2=O)cc1. The maximum Gasteiger partial charge on any atom is 0.414 e. The van der Waals surface area contributed by atoms with Gasteiger partial charge in [-0.15, -0.1) is 0 Å². The van der Waals surface area contributed by atoms with E-state index in [9.17, 15) is 14.0 Å². The molecular formula is C19H17FN2O3. The molecule has 1 aliphatic rings. The molecule has 2 amide bonds. The standard InChI is InChI=1S/C19H17FN2O3/c1-13(12-14-4-2-3-5-17(14)20)18(23)21-15-6-8-16(9-7-15)22-10-11-25-19(22)24/h2-9,12H,10-11H2,1H3,(H,21,23)/b13-12+. The predicted octanol–water partition coefficient (Wildman–Crippen LogP) is 3.82. The number of carbonyl (C=O) groups excluding carboxylic acids is 2. The van der Waals surface area contributed by atoms with E-state index in [1.807, 2.05) is 0 Å². The van der Waals surface area contributed by atoms with Gasteiger partial charge in [0.05, 0.1) is 6.54 Å². The lowest BCUT2D eigenvalue weighted by Crippen LogP contribution is -2.23. The van der Waals surface area contributed by atoms with Gasteiger partial charge in [0.2, 0.25) is 0 Å². The van der Waals surface area contributed by atoms with Crippen LogP contribution >= 0.6 is 0 Å². The zero-order chi connectivity index (χ0) is 17.8. The van der Waals surface area contributed by atoms with E-state index < -0.39 is 0 Å². The highest BCUT2D eigenvalue weighted by atomic mass is 19.1. The molecule has 128 valence electrons. The van der Waals surface area contributed by atoms with E-state index >= 15 is 0 Å². The number of rotatable bonds is 4. The molecule has 0 aromatic heterocycles. The van der Waals surface area contributed by atoms with Crippen LogP contribution in [0, 0.1) is 5.82 Å². The molecule has 5 nitrogen and oxygen atoms in total. The van der Waals surface area contributed by atoms with Crippen molar-refractivity contribution in [3.8, 4) is 0 Å². The minimum atomic E-state index is -0.378. The second kappa shape index (κ2) is 7.17. The van der Waals surface area contributed by atoms with Crippen molar-refractivity contribution < 1.29 is 18.7 Å². The molecule has 1 aliphatic heterocycles. The average molecular weight is 340 g/mol. The molecular weight excluding hydrogens is 323 g/mol. The highest BCUT2D eigenvalue weighted by Gasteiger charge is 2.23. The highest BCUT2D eigenvalue weighted by molar-refractivity contribution is 6.06. The van der Waals surface area contributed by atoms with E-state index in [0.29, 0.717) is 35.7 Å². The van der Waals surface area contributed by atoms with E-state index in [2.05, 4.69) is 5.32 Å². The number of carbonyl (C=O) groups is 2. The van der Waals surface area contributed by atoms with Gasteiger partial charge in [0.25, 0.3) is 5.91 Å². The molecule has 0 atom stereocenters. The van der Waals surface area contributed by atoms with Crippen molar-refractivity contribution in [2.45, 2.75) is 6.92 Å². The highest BCUT2D eigenvalue weighted by Crippen LogP contribution is 2.21. The van der Waals surface area contributed by atoms with Crippen LogP contribution in [0.3, 0.4) is 0 Å². The van der Waals surface area contributed by atoms with Crippen molar-refractivity contribution >= 4 is 29.5 Å². The average Bonchev–Trinajstić information content (AvgIpc) is 3.03. The van der Waals surface area contributed by atoms with Crippen molar-refractivity contribution in [3.63, 3.8) is 0 Å². The topological polar surface area (TPSA) is 58.6 Å². The fraction of sp³-hybridized carbons (Fsp3) is 0.158. The number of hydrogen-bond acceptors (Lipinski definition) is 3. The van der Waals surface area contributed by atoms with Gasteiger partial charge < -0.3 is 10.1 Å². The van der Waals surface area contributed by atoms with Crippen molar-refractivity contribution in [2.75, 3.05) is 23.4 Å². The zero-order valence-electron chi connectivity index (χ0n) is 13.7. The van der Waals surface area contributed by atoms with Gasteiger partial charge in [-0.3, -0.25) is 9.69 Å². The quantitative estimate of drug-likeness (QED) is 0.861. The molecule has 1 saturated heterocycles. The first kappa shape index (κ1) is 16.7. The number of hydrogen-bond donors (Lipinski definition) is 1. The molecule has 0 bridgehead atoms. The fourth-order valence-corrected chi connectivity index (χ4v) is 2.47. The second-order valence-corrected chi connectivity index (χ2v) is 5.62. The summed E-state index contributed by atoms with van der Waals surface area (Å²) in [5.74, 6) is -0.701. The van der Waals surface area contributed by atoms with Crippen molar-refractivity contribution in [2.24, 2.45) is 0 Å². The van der Waals surface area contributed by atoms with Gasteiger partial charge in [0.15, 0.2) is 0 Å². The van der Waals surface area contributed by atoms with Crippen molar-refractivity contribution in [1.29, 1.82) is 0 Å². The van der Waals surface area contributed by atoms with E-state index in [-0.39, 0.29) is 17.8 Å². The molecule has 25 heavy (non-hydrogen) atoms. The lowest BCUT2D eigenvalue weighted by atomic mass is 10.1. The fourth-order valence-electron chi connectivity index (χ4n) is 2.47. The molecule has 0 aliphatic carbocycles. The van der Waals surface area contributed by atoms with Crippen LogP contribution in [0.4, 0.5) is 20.6 Å². The third-order valence-electron chi connectivity index (χ3n) is 3.83. The summed E-state index contributed by atoms with van der Waals surface area (Å²) in [5.41, 5.74) is 2.04. The Kier molecular flexibility index (Phi) is 4.79. The number of halogens is 1.